The Kier molecular flexibility index (Phi) is 2.64. The van der Waals surface area contributed by atoms with Crippen LogP contribution in [0.25, 0.3) is 0 Å². The molecule has 16 heavy (non-hydrogen) atoms. The first-order valence-corrected chi connectivity index (χ1v) is 6.78. The molecule has 0 amide bonds. The Morgan fingerprint density at radius 2 is 2.06 bits per heavy atom. The number of rotatable bonds is 3. The minimum Gasteiger partial charge on any atom is -0.398 e. The lowest BCUT2D eigenvalue weighted by atomic mass is 10.3. The summed E-state index contributed by atoms with van der Waals surface area (Å²) in [6, 6.07) is 4.31. The zero-order valence-corrected chi connectivity index (χ0v) is 10.4. The van der Waals surface area contributed by atoms with E-state index < -0.39 is 10.0 Å². The van der Waals surface area contributed by atoms with E-state index >= 15 is 0 Å². The zero-order valence-electron chi connectivity index (χ0n) is 8.83. The van der Waals surface area contributed by atoms with Gasteiger partial charge in [-0.2, -0.15) is 0 Å². The van der Waals surface area contributed by atoms with E-state index in [0.29, 0.717) is 5.69 Å². The fraction of sp³-hybridized carbons (Fsp3) is 0.400. The molecule has 0 aromatic heterocycles. The second kappa shape index (κ2) is 3.61. The number of benzene rings is 1. The van der Waals surface area contributed by atoms with Crippen LogP contribution in [0.2, 0.25) is 5.02 Å². The van der Waals surface area contributed by atoms with Crippen LogP contribution in [0.5, 0.6) is 0 Å². The van der Waals surface area contributed by atoms with Crippen LogP contribution < -0.4 is 10.5 Å². The third-order valence-electron chi connectivity index (χ3n) is 2.66. The molecule has 3 N–H and O–H groups in total. The number of anilines is 1. The second-order valence-electron chi connectivity index (χ2n) is 4.35. The molecule has 1 aliphatic rings. The van der Waals surface area contributed by atoms with Gasteiger partial charge >= 0.3 is 0 Å². The molecule has 1 fully saturated rings. The predicted octanol–water partition coefficient (Wildman–Crippen LogP) is 1.75. The Balaban J connectivity index is 2.32. The smallest absolute Gasteiger partial charge is 0.241 e. The Morgan fingerprint density at radius 3 is 2.56 bits per heavy atom. The Labute approximate surface area is 99.8 Å². The lowest BCUT2D eigenvalue weighted by Crippen LogP contribution is -2.34. The van der Waals surface area contributed by atoms with Gasteiger partial charge < -0.3 is 5.73 Å². The number of nitrogen functional groups attached to an aromatic ring is 1. The molecule has 1 aliphatic carbocycles. The summed E-state index contributed by atoms with van der Waals surface area (Å²) in [5.74, 6) is 0. The molecule has 0 heterocycles. The van der Waals surface area contributed by atoms with E-state index in [9.17, 15) is 8.42 Å². The maximum absolute atomic E-state index is 11.9. The molecule has 0 spiro atoms. The maximum Gasteiger partial charge on any atom is 0.241 e. The normalized spacial score (nSPS) is 18.4. The van der Waals surface area contributed by atoms with Crippen molar-refractivity contribution in [2.45, 2.75) is 30.2 Å². The highest BCUT2D eigenvalue weighted by molar-refractivity contribution is 7.89. The van der Waals surface area contributed by atoms with E-state index in [1.54, 1.807) is 0 Å². The number of hydrogen-bond acceptors (Lipinski definition) is 3. The summed E-state index contributed by atoms with van der Waals surface area (Å²) in [5, 5.41) is 0.254. The van der Waals surface area contributed by atoms with Gasteiger partial charge in [0.25, 0.3) is 0 Å². The van der Waals surface area contributed by atoms with Crippen molar-refractivity contribution in [3.8, 4) is 0 Å². The van der Waals surface area contributed by atoms with Crippen LogP contribution in [-0.4, -0.2) is 14.0 Å². The molecule has 1 saturated carbocycles. The molecule has 0 bridgehead atoms. The summed E-state index contributed by atoms with van der Waals surface area (Å²) in [7, 11) is -3.48. The highest BCUT2D eigenvalue weighted by atomic mass is 35.5. The molecular weight excluding hydrogens is 248 g/mol. The summed E-state index contributed by atoms with van der Waals surface area (Å²) in [6.07, 6.45) is 1.74. The molecule has 0 radical (unpaired) electrons. The van der Waals surface area contributed by atoms with E-state index in [2.05, 4.69) is 4.72 Å². The van der Waals surface area contributed by atoms with E-state index in [1.165, 1.54) is 18.2 Å². The minimum atomic E-state index is -3.48. The van der Waals surface area contributed by atoms with Crippen LogP contribution in [0.15, 0.2) is 23.1 Å². The van der Waals surface area contributed by atoms with Gasteiger partial charge in [0.05, 0.1) is 15.6 Å². The van der Waals surface area contributed by atoms with Crippen LogP contribution in [0.1, 0.15) is 19.8 Å². The molecule has 0 unspecified atom stereocenters. The first-order valence-electron chi connectivity index (χ1n) is 4.91. The van der Waals surface area contributed by atoms with Crippen LogP contribution >= 0.6 is 11.6 Å². The van der Waals surface area contributed by atoms with Gasteiger partial charge in [-0.05, 0) is 38.0 Å². The summed E-state index contributed by atoms with van der Waals surface area (Å²) in [4.78, 5) is 0.153. The molecule has 88 valence electrons. The van der Waals surface area contributed by atoms with E-state index in [4.69, 9.17) is 17.3 Å². The third-order valence-corrected chi connectivity index (χ3v) is 4.63. The standard InChI is InChI=1S/C10H13ClN2O2S/c1-10(4-5-10)13-16(14,15)7-2-3-9(12)8(11)6-7/h2-3,6,13H,4-5,12H2,1H3. The van der Waals surface area contributed by atoms with Crippen LogP contribution in [0, 0.1) is 0 Å². The van der Waals surface area contributed by atoms with Gasteiger partial charge in [-0.3, -0.25) is 0 Å². The monoisotopic (exact) mass is 260 g/mol. The molecule has 0 atom stereocenters. The van der Waals surface area contributed by atoms with Crippen molar-refractivity contribution >= 4 is 27.3 Å². The molecule has 4 nitrogen and oxygen atoms in total. The van der Waals surface area contributed by atoms with Crippen LogP contribution in [-0.2, 0) is 10.0 Å². The zero-order chi connectivity index (χ0) is 12.0. The molecule has 6 heteroatoms. The van der Waals surface area contributed by atoms with Crippen molar-refractivity contribution < 1.29 is 8.42 Å². The highest BCUT2D eigenvalue weighted by Gasteiger charge is 2.41. The van der Waals surface area contributed by atoms with Gasteiger partial charge in [0.1, 0.15) is 0 Å². The van der Waals surface area contributed by atoms with Crippen molar-refractivity contribution in [2.24, 2.45) is 0 Å². The van der Waals surface area contributed by atoms with Crippen molar-refractivity contribution in [2.75, 3.05) is 5.73 Å². The van der Waals surface area contributed by atoms with E-state index in [-0.39, 0.29) is 15.5 Å². The van der Waals surface area contributed by atoms with Crippen molar-refractivity contribution in [3.63, 3.8) is 0 Å². The molecule has 0 aliphatic heterocycles. The van der Waals surface area contributed by atoms with Gasteiger partial charge in [-0.25, -0.2) is 13.1 Å². The molecule has 1 aromatic carbocycles. The van der Waals surface area contributed by atoms with E-state index in [0.717, 1.165) is 12.8 Å². The van der Waals surface area contributed by atoms with Gasteiger partial charge in [0.15, 0.2) is 0 Å². The number of sulfonamides is 1. The number of nitrogens with two attached hydrogens (primary N) is 1. The van der Waals surface area contributed by atoms with Gasteiger partial charge in [0, 0.05) is 5.54 Å². The van der Waals surface area contributed by atoms with Crippen molar-refractivity contribution in [1.82, 2.24) is 4.72 Å². The molecule has 0 saturated heterocycles. The first kappa shape index (κ1) is 11.7. The second-order valence-corrected chi connectivity index (χ2v) is 6.44. The first-order chi connectivity index (χ1) is 7.32. The molecular formula is C10H13ClN2O2S. The summed E-state index contributed by atoms with van der Waals surface area (Å²) < 4.78 is 26.5. The Hall–Kier alpha value is -0.780. The Morgan fingerprint density at radius 1 is 1.44 bits per heavy atom. The predicted molar refractivity (Wildman–Crippen MR) is 63.8 cm³/mol. The van der Waals surface area contributed by atoms with Crippen LogP contribution in [0.3, 0.4) is 0 Å². The quantitative estimate of drug-likeness (QED) is 0.814. The lowest BCUT2D eigenvalue weighted by molar-refractivity contribution is 0.558. The van der Waals surface area contributed by atoms with Crippen molar-refractivity contribution in [1.29, 1.82) is 0 Å². The number of hydrogen-bond donors (Lipinski definition) is 2. The average molecular weight is 261 g/mol. The lowest BCUT2D eigenvalue weighted by Gasteiger charge is -2.12. The Bertz CT molecular complexity index is 524. The average Bonchev–Trinajstić information content (AvgIpc) is 2.86. The molecule has 2 rings (SSSR count). The summed E-state index contributed by atoms with van der Waals surface area (Å²) >= 11 is 5.79. The fourth-order valence-corrected chi connectivity index (χ4v) is 3.08. The van der Waals surface area contributed by atoms with E-state index in [1.807, 2.05) is 6.92 Å². The third kappa shape index (κ3) is 2.31. The largest absolute Gasteiger partial charge is 0.398 e. The minimum absolute atomic E-state index is 0.153. The number of nitrogens with one attached hydrogen (secondary N) is 1. The summed E-state index contributed by atoms with van der Waals surface area (Å²) in [5.41, 5.74) is 5.61. The number of halogens is 1. The maximum atomic E-state index is 11.9. The highest BCUT2D eigenvalue weighted by Crippen LogP contribution is 2.36. The topological polar surface area (TPSA) is 72.2 Å². The summed E-state index contributed by atoms with van der Waals surface area (Å²) in [6.45, 7) is 1.88. The SMILES string of the molecule is CC1(NS(=O)(=O)c2ccc(N)c(Cl)c2)CC1. The van der Waals surface area contributed by atoms with Crippen LogP contribution in [0.4, 0.5) is 5.69 Å². The van der Waals surface area contributed by atoms with Crippen molar-refractivity contribution in [3.05, 3.63) is 23.2 Å². The van der Waals surface area contributed by atoms with Gasteiger partial charge in [-0.1, -0.05) is 11.6 Å². The van der Waals surface area contributed by atoms with Gasteiger partial charge in [0.2, 0.25) is 10.0 Å². The van der Waals surface area contributed by atoms with Gasteiger partial charge in [-0.15, -0.1) is 0 Å². The molecule has 1 aromatic rings. The fourth-order valence-electron chi connectivity index (χ4n) is 1.35.